The summed E-state index contributed by atoms with van der Waals surface area (Å²) in [5.74, 6) is 0.842. The smallest absolute Gasteiger partial charge is 0.220 e. The Morgan fingerprint density at radius 2 is 1.86 bits per heavy atom. The van der Waals surface area contributed by atoms with E-state index in [9.17, 15) is 4.79 Å². The van der Waals surface area contributed by atoms with Gasteiger partial charge < -0.3 is 11.1 Å². The van der Waals surface area contributed by atoms with Gasteiger partial charge in [-0.3, -0.25) is 4.79 Å². The summed E-state index contributed by atoms with van der Waals surface area (Å²) in [6.07, 6.45) is 0.572. The average Bonchev–Trinajstić information content (AvgIpc) is 2.01. The molecule has 0 heterocycles. The van der Waals surface area contributed by atoms with E-state index in [0.717, 1.165) is 0 Å². The fourth-order valence-electron chi connectivity index (χ4n) is 1.17. The lowest BCUT2D eigenvalue weighted by Crippen LogP contribution is -2.55. The van der Waals surface area contributed by atoms with Crippen molar-refractivity contribution in [3.05, 3.63) is 0 Å². The number of hydrogen-bond acceptors (Lipinski definition) is 2. The molecule has 3 N–H and O–H groups in total. The largest absolute Gasteiger partial charge is 0.349 e. The minimum absolute atomic E-state index is 0.0988. The first kappa shape index (κ1) is 13.4. The number of amides is 1. The molecular weight excluding hydrogens is 176 g/mol. The third-order valence-corrected chi connectivity index (χ3v) is 2.72. The van der Waals surface area contributed by atoms with E-state index < -0.39 is 0 Å². The van der Waals surface area contributed by atoms with Crippen molar-refractivity contribution < 1.29 is 4.79 Å². The minimum atomic E-state index is -0.272. The fourth-order valence-corrected chi connectivity index (χ4v) is 1.17. The summed E-state index contributed by atoms with van der Waals surface area (Å²) in [6, 6.07) is 0. The molecule has 3 nitrogen and oxygen atoms in total. The van der Waals surface area contributed by atoms with Crippen molar-refractivity contribution in [2.45, 2.75) is 46.6 Å². The summed E-state index contributed by atoms with van der Waals surface area (Å²) in [6.45, 7) is 10.7. The molecule has 0 aliphatic rings. The van der Waals surface area contributed by atoms with Crippen LogP contribution in [0.15, 0.2) is 0 Å². The zero-order chi connectivity index (χ0) is 11.4. The summed E-state index contributed by atoms with van der Waals surface area (Å²) in [5.41, 5.74) is 5.40. The highest BCUT2D eigenvalue weighted by molar-refractivity contribution is 5.77. The SMILES string of the molecule is CC(C)CC(=O)NC(C)(CN)C(C)C. The number of nitrogens with one attached hydrogen (secondary N) is 1. The minimum Gasteiger partial charge on any atom is -0.349 e. The topological polar surface area (TPSA) is 55.1 Å². The second-order valence-electron chi connectivity index (χ2n) is 4.92. The molecular formula is C11H24N2O. The molecule has 0 aromatic heterocycles. The molecule has 0 aromatic rings. The average molecular weight is 200 g/mol. The van der Waals surface area contributed by atoms with Crippen LogP contribution in [0.5, 0.6) is 0 Å². The monoisotopic (exact) mass is 200 g/mol. The van der Waals surface area contributed by atoms with Crippen molar-refractivity contribution in [2.24, 2.45) is 17.6 Å². The van der Waals surface area contributed by atoms with Crippen molar-refractivity contribution in [1.29, 1.82) is 0 Å². The van der Waals surface area contributed by atoms with Crippen LogP contribution >= 0.6 is 0 Å². The lowest BCUT2D eigenvalue weighted by atomic mass is 9.88. The van der Waals surface area contributed by atoms with Crippen LogP contribution in [0.3, 0.4) is 0 Å². The summed E-state index contributed by atoms with van der Waals surface area (Å²) in [5, 5.41) is 3.01. The van der Waals surface area contributed by atoms with Crippen LogP contribution < -0.4 is 11.1 Å². The van der Waals surface area contributed by atoms with E-state index in [0.29, 0.717) is 24.8 Å². The van der Waals surface area contributed by atoms with Crippen molar-refractivity contribution in [1.82, 2.24) is 5.32 Å². The molecule has 0 aliphatic heterocycles. The zero-order valence-electron chi connectivity index (χ0n) is 10.1. The van der Waals surface area contributed by atoms with Gasteiger partial charge in [0.2, 0.25) is 5.91 Å². The van der Waals surface area contributed by atoms with E-state index in [2.05, 4.69) is 19.2 Å². The third kappa shape index (κ3) is 4.09. The van der Waals surface area contributed by atoms with E-state index in [1.807, 2.05) is 20.8 Å². The van der Waals surface area contributed by atoms with Crippen LogP contribution in [0.25, 0.3) is 0 Å². The molecule has 1 atom stereocenters. The first-order chi connectivity index (χ1) is 6.31. The molecule has 1 amide bonds. The summed E-state index contributed by atoms with van der Waals surface area (Å²) < 4.78 is 0. The molecule has 0 fully saturated rings. The number of hydrogen-bond donors (Lipinski definition) is 2. The van der Waals surface area contributed by atoms with Gasteiger partial charge in [-0.05, 0) is 18.8 Å². The maximum absolute atomic E-state index is 11.6. The van der Waals surface area contributed by atoms with Crippen LogP contribution in [-0.2, 0) is 4.79 Å². The normalized spacial score (nSPS) is 15.7. The van der Waals surface area contributed by atoms with E-state index in [-0.39, 0.29) is 11.4 Å². The Labute approximate surface area is 87.4 Å². The molecule has 0 rings (SSSR count). The van der Waals surface area contributed by atoms with Gasteiger partial charge in [-0.1, -0.05) is 27.7 Å². The van der Waals surface area contributed by atoms with E-state index in [1.54, 1.807) is 0 Å². The Bertz CT molecular complexity index is 190. The van der Waals surface area contributed by atoms with Gasteiger partial charge in [0.05, 0.1) is 5.54 Å². The quantitative estimate of drug-likeness (QED) is 0.707. The van der Waals surface area contributed by atoms with Crippen molar-refractivity contribution >= 4 is 5.91 Å². The van der Waals surface area contributed by atoms with Gasteiger partial charge >= 0.3 is 0 Å². The van der Waals surface area contributed by atoms with E-state index in [4.69, 9.17) is 5.73 Å². The van der Waals surface area contributed by atoms with Gasteiger partial charge in [0.15, 0.2) is 0 Å². The summed E-state index contributed by atoms with van der Waals surface area (Å²) in [4.78, 5) is 11.6. The molecule has 14 heavy (non-hydrogen) atoms. The highest BCUT2D eigenvalue weighted by Gasteiger charge is 2.28. The maximum atomic E-state index is 11.6. The molecule has 0 bridgehead atoms. The fraction of sp³-hybridized carbons (Fsp3) is 0.909. The Balaban J connectivity index is 4.25. The summed E-state index contributed by atoms with van der Waals surface area (Å²) in [7, 11) is 0. The highest BCUT2D eigenvalue weighted by Crippen LogP contribution is 2.15. The molecule has 1 unspecified atom stereocenters. The maximum Gasteiger partial charge on any atom is 0.220 e. The lowest BCUT2D eigenvalue weighted by molar-refractivity contribution is -0.124. The molecule has 0 aromatic carbocycles. The molecule has 0 aliphatic carbocycles. The predicted octanol–water partition coefficient (Wildman–Crippen LogP) is 1.52. The molecule has 0 spiro atoms. The van der Waals surface area contributed by atoms with Crippen LogP contribution in [0.4, 0.5) is 0 Å². The second-order valence-corrected chi connectivity index (χ2v) is 4.92. The van der Waals surface area contributed by atoms with Crippen molar-refractivity contribution in [3.8, 4) is 0 Å². The van der Waals surface area contributed by atoms with Gasteiger partial charge in [-0.25, -0.2) is 0 Å². The Hall–Kier alpha value is -0.570. The van der Waals surface area contributed by atoms with Crippen LogP contribution in [0.2, 0.25) is 0 Å². The number of rotatable bonds is 5. The third-order valence-electron chi connectivity index (χ3n) is 2.72. The Morgan fingerprint density at radius 3 is 2.14 bits per heavy atom. The first-order valence-electron chi connectivity index (χ1n) is 5.33. The molecule has 3 heteroatoms. The van der Waals surface area contributed by atoms with Gasteiger partial charge in [-0.15, -0.1) is 0 Å². The standard InChI is InChI=1S/C11H24N2O/c1-8(2)6-10(14)13-11(5,7-12)9(3)4/h8-9H,6-7,12H2,1-5H3,(H,13,14). The van der Waals surface area contributed by atoms with Gasteiger partial charge in [-0.2, -0.15) is 0 Å². The number of carbonyl (C=O) groups excluding carboxylic acids is 1. The van der Waals surface area contributed by atoms with E-state index >= 15 is 0 Å². The Morgan fingerprint density at radius 1 is 1.36 bits per heavy atom. The zero-order valence-corrected chi connectivity index (χ0v) is 10.1. The number of nitrogens with two attached hydrogens (primary N) is 1. The van der Waals surface area contributed by atoms with Gasteiger partial charge in [0.25, 0.3) is 0 Å². The Kier molecular flexibility index (Phi) is 5.13. The summed E-state index contributed by atoms with van der Waals surface area (Å²) >= 11 is 0. The number of carbonyl (C=O) groups is 1. The molecule has 0 saturated carbocycles. The molecule has 84 valence electrons. The predicted molar refractivity (Wildman–Crippen MR) is 59.9 cm³/mol. The van der Waals surface area contributed by atoms with Gasteiger partial charge in [0, 0.05) is 13.0 Å². The van der Waals surface area contributed by atoms with Crippen LogP contribution in [-0.4, -0.2) is 18.0 Å². The highest BCUT2D eigenvalue weighted by atomic mass is 16.1. The first-order valence-corrected chi connectivity index (χ1v) is 5.33. The second kappa shape index (κ2) is 5.35. The van der Waals surface area contributed by atoms with Crippen molar-refractivity contribution in [3.63, 3.8) is 0 Å². The van der Waals surface area contributed by atoms with Gasteiger partial charge in [0.1, 0.15) is 0 Å². The van der Waals surface area contributed by atoms with E-state index in [1.165, 1.54) is 0 Å². The molecule has 0 saturated heterocycles. The van der Waals surface area contributed by atoms with Crippen LogP contribution in [0, 0.1) is 11.8 Å². The van der Waals surface area contributed by atoms with Crippen molar-refractivity contribution in [2.75, 3.05) is 6.54 Å². The lowest BCUT2D eigenvalue weighted by Gasteiger charge is -2.33. The molecule has 0 radical (unpaired) electrons. The van der Waals surface area contributed by atoms with Crippen LogP contribution in [0.1, 0.15) is 41.0 Å².